The molecule has 0 heterocycles. The molecule has 0 saturated carbocycles. The molecule has 7 heteroatoms. The summed E-state index contributed by atoms with van der Waals surface area (Å²) < 4.78 is 41.7. The molecular weight excluding hydrogens is 349 g/mol. The lowest BCUT2D eigenvalue weighted by atomic mass is 9.88. The van der Waals surface area contributed by atoms with Crippen LogP contribution in [0.2, 0.25) is 0 Å². The summed E-state index contributed by atoms with van der Waals surface area (Å²) in [5, 5.41) is 11.6. The number of ether oxygens (including phenoxy) is 1. The number of nitrogens with one attached hydrogen (secondary N) is 1. The SMILES string of the molecule is CC(C)(CCC#N)CNc1ccc(Br)cc1OC(F)(F)F. The molecule has 116 valence electrons. The highest BCUT2D eigenvalue weighted by atomic mass is 79.9. The number of rotatable bonds is 6. The van der Waals surface area contributed by atoms with Crippen LogP contribution in [0, 0.1) is 16.7 Å². The standard InChI is InChI=1S/C14H16BrF3N2O/c1-13(2,6-3-7-19)9-20-11-5-4-10(15)8-12(11)21-14(16,17)18/h4-5,8,20H,3,6,9H2,1-2H3. The van der Waals surface area contributed by atoms with Crippen molar-refractivity contribution in [2.24, 2.45) is 5.41 Å². The van der Waals surface area contributed by atoms with Gasteiger partial charge in [0.05, 0.1) is 11.8 Å². The normalized spacial score (nSPS) is 11.9. The number of alkyl halides is 3. The van der Waals surface area contributed by atoms with Gasteiger partial charge in [-0.1, -0.05) is 29.8 Å². The van der Waals surface area contributed by atoms with E-state index in [1.165, 1.54) is 12.1 Å². The van der Waals surface area contributed by atoms with E-state index in [9.17, 15) is 13.2 Å². The number of benzene rings is 1. The fourth-order valence-electron chi connectivity index (χ4n) is 1.67. The summed E-state index contributed by atoms with van der Waals surface area (Å²) >= 11 is 3.12. The second-order valence-corrected chi connectivity index (χ2v) is 6.28. The maximum atomic E-state index is 12.4. The molecule has 0 unspecified atom stereocenters. The van der Waals surface area contributed by atoms with Crippen molar-refractivity contribution in [2.45, 2.75) is 33.1 Å². The van der Waals surface area contributed by atoms with E-state index in [0.29, 0.717) is 23.9 Å². The van der Waals surface area contributed by atoms with Gasteiger partial charge in [0.2, 0.25) is 0 Å². The predicted octanol–water partition coefficient (Wildman–Crippen LogP) is 5.09. The lowest BCUT2D eigenvalue weighted by molar-refractivity contribution is -0.274. The zero-order valence-electron chi connectivity index (χ0n) is 11.7. The second kappa shape index (κ2) is 7.03. The van der Waals surface area contributed by atoms with Crippen LogP contribution in [0.25, 0.3) is 0 Å². The van der Waals surface area contributed by atoms with Gasteiger partial charge in [0, 0.05) is 17.4 Å². The number of nitrogens with zero attached hydrogens (tertiary/aromatic N) is 1. The molecular formula is C14H16BrF3N2O. The Bertz CT molecular complexity index is 524. The zero-order chi connectivity index (χ0) is 16.1. The summed E-state index contributed by atoms with van der Waals surface area (Å²) in [6.45, 7) is 4.32. The van der Waals surface area contributed by atoms with Crippen LogP contribution in [0.15, 0.2) is 22.7 Å². The molecule has 21 heavy (non-hydrogen) atoms. The van der Waals surface area contributed by atoms with Gasteiger partial charge in [0.1, 0.15) is 0 Å². The maximum absolute atomic E-state index is 12.4. The average Bonchev–Trinajstić information content (AvgIpc) is 2.33. The molecule has 1 aromatic rings. The van der Waals surface area contributed by atoms with E-state index in [-0.39, 0.29) is 16.9 Å². The minimum absolute atomic E-state index is 0.210. The first-order valence-electron chi connectivity index (χ1n) is 6.29. The summed E-state index contributed by atoms with van der Waals surface area (Å²) in [7, 11) is 0. The van der Waals surface area contributed by atoms with Crippen LogP contribution in [0.1, 0.15) is 26.7 Å². The Labute approximate surface area is 130 Å². The lowest BCUT2D eigenvalue weighted by Gasteiger charge is -2.25. The fraction of sp³-hybridized carbons (Fsp3) is 0.500. The van der Waals surface area contributed by atoms with Gasteiger partial charge in [0.15, 0.2) is 5.75 Å². The zero-order valence-corrected chi connectivity index (χ0v) is 13.3. The van der Waals surface area contributed by atoms with Crippen molar-refractivity contribution in [1.29, 1.82) is 5.26 Å². The smallest absolute Gasteiger partial charge is 0.404 e. The summed E-state index contributed by atoms with van der Waals surface area (Å²) in [5.74, 6) is -0.284. The Morgan fingerprint density at radius 3 is 2.57 bits per heavy atom. The third kappa shape index (κ3) is 6.71. The highest BCUT2D eigenvalue weighted by molar-refractivity contribution is 9.10. The number of halogens is 4. The van der Waals surface area contributed by atoms with Crippen molar-refractivity contribution in [3.05, 3.63) is 22.7 Å². The van der Waals surface area contributed by atoms with Crippen molar-refractivity contribution in [1.82, 2.24) is 0 Å². The van der Waals surface area contributed by atoms with Crippen molar-refractivity contribution < 1.29 is 17.9 Å². The van der Waals surface area contributed by atoms with E-state index in [0.717, 1.165) is 0 Å². The molecule has 0 saturated heterocycles. The minimum Gasteiger partial charge on any atom is -0.404 e. The molecule has 0 aliphatic rings. The molecule has 3 nitrogen and oxygen atoms in total. The predicted molar refractivity (Wildman–Crippen MR) is 77.9 cm³/mol. The minimum atomic E-state index is -4.74. The third-order valence-electron chi connectivity index (χ3n) is 2.84. The molecule has 0 aliphatic heterocycles. The molecule has 0 fully saturated rings. The van der Waals surface area contributed by atoms with E-state index < -0.39 is 6.36 Å². The van der Waals surface area contributed by atoms with Crippen LogP contribution in [0.3, 0.4) is 0 Å². The van der Waals surface area contributed by atoms with Gasteiger partial charge in [-0.3, -0.25) is 0 Å². The van der Waals surface area contributed by atoms with Crippen LogP contribution in [-0.4, -0.2) is 12.9 Å². The highest BCUT2D eigenvalue weighted by Gasteiger charge is 2.32. The van der Waals surface area contributed by atoms with Gasteiger partial charge in [-0.15, -0.1) is 13.2 Å². The van der Waals surface area contributed by atoms with Crippen LogP contribution in [-0.2, 0) is 0 Å². The monoisotopic (exact) mass is 364 g/mol. The topological polar surface area (TPSA) is 45.0 Å². The third-order valence-corrected chi connectivity index (χ3v) is 3.33. The molecule has 0 aromatic heterocycles. The molecule has 1 rings (SSSR count). The van der Waals surface area contributed by atoms with Crippen LogP contribution >= 0.6 is 15.9 Å². The van der Waals surface area contributed by atoms with Gasteiger partial charge in [0.25, 0.3) is 0 Å². The molecule has 1 aromatic carbocycles. The van der Waals surface area contributed by atoms with Crippen LogP contribution < -0.4 is 10.1 Å². The van der Waals surface area contributed by atoms with E-state index in [1.54, 1.807) is 6.07 Å². The van der Waals surface area contributed by atoms with Crippen molar-refractivity contribution in [3.63, 3.8) is 0 Å². The van der Waals surface area contributed by atoms with Gasteiger partial charge in [-0.25, -0.2) is 0 Å². The summed E-state index contributed by atoms with van der Waals surface area (Å²) in [4.78, 5) is 0. The lowest BCUT2D eigenvalue weighted by Crippen LogP contribution is -2.24. The average molecular weight is 365 g/mol. The number of hydrogen-bond donors (Lipinski definition) is 1. The van der Waals surface area contributed by atoms with Gasteiger partial charge < -0.3 is 10.1 Å². The Balaban J connectivity index is 2.81. The first-order chi connectivity index (χ1) is 9.63. The van der Waals surface area contributed by atoms with Crippen molar-refractivity contribution >= 4 is 21.6 Å². The molecule has 1 N–H and O–H groups in total. The summed E-state index contributed by atoms with van der Waals surface area (Å²) in [6.07, 6.45) is -3.68. The second-order valence-electron chi connectivity index (χ2n) is 5.36. The highest BCUT2D eigenvalue weighted by Crippen LogP contribution is 2.34. The quantitative estimate of drug-likeness (QED) is 0.764. The molecule has 0 spiro atoms. The Hall–Kier alpha value is -1.42. The Kier molecular flexibility index (Phi) is 5.90. The molecule has 0 amide bonds. The van der Waals surface area contributed by atoms with E-state index >= 15 is 0 Å². The largest absolute Gasteiger partial charge is 0.573 e. The maximum Gasteiger partial charge on any atom is 0.573 e. The van der Waals surface area contributed by atoms with Crippen LogP contribution in [0.5, 0.6) is 5.75 Å². The van der Waals surface area contributed by atoms with Gasteiger partial charge in [-0.2, -0.15) is 5.26 Å². The number of nitriles is 1. The molecule has 0 aliphatic carbocycles. The summed E-state index contributed by atoms with van der Waals surface area (Å²) in [6, 6.07) is 6.48. The molecule has 0 atom stereocenters. The number of anilines is 1. The van der Waals surface area contributed by atoms with Gasteiger partial charge in [-0.05, 0) is 30.0 Å². The molecule has 0 bridgehead atoms. The van der Waals surface area contributed by atoms with Crippen molar-refractivity contribution in [2.75, 3.05) is 11.9 Å². The van der Waals surface area contributed by atoms with Crippen LogP contribution in [0.4, 0.5) is 18.9 Å². The van der Waals surface area contributed by atoms with Crippen molar-refractivity contribution in [3.8, 4) is 11.8 Å². The van der Waals surface area contributed by atoms with Gasteiger partial charge >= 0.3 is 6.36 Å². The Morgan fingerprint density at radius 1 is 1.33 bits per heavy atom. The fourth-order valence-corrected chi connectivity index (χ4v) is 2.01. The Morgan fingerprint density at radius 2 is 2.00 bits per heavy atom. The summed E-state index contributed by atoms with van der Waals surface area (Å²) in [5.41, 5.74) is 0.0544. The first-order valence-corrected chi connectivity index (χ1v) is 7.08. The van der Waals surface area contributed by atoms with E-state index in [2.05, 4.69) is 32.1 Å². The van der Waals surface area contributed by atoms with E-state index in [1.807, 2.05) is 13.8 Å². The first kappa shape index (κ1) is 17.6. The molecule has 0 radical (unpaired) electrons. The van der Waals surface area contributed by atoms with E-state index in [4.69, 9.17) is 5.26 Å². The number of hydrogen-bond acceptors (Lipinski definition) is 3.